The molecule has 2 aliphatic rings. The molecule has 3 nitrogen and oxygen atoms in total. The summed E-state index contributed by atoms with van der Waals surface area (Å²) in [6, 6.07) is 0. The highest BCUT2D eigenvalue weighted by Gasteiger charge is 2.49. The molecule has 76 valence electrons. The van der Waals surface area contributed by atoms with Gasteiger partial charge < -0.3 is 9.47 Å². The van der Waals surface area contributed by atoms with Gasteiger partial charge in [-0.2, -0.15) is 0 Å². The minimum absolute atomic E-state index is 0.0695. The standard InChI is InChI=1S/C11H14O3/c1-8-3-4-11(10(12)13-2)5-6-14-9(11)7-8/h3,5-6,9H,4,7H2,1-2H3/t9-,11+/m0/s1. The molecule has 0 fully saturated rings. The average molecular weight is 194 g/mol. The Morgan fingerprint density at radius 3 is 3.21 bits per heavy atom. The summed E-state index contributed by atoms with van der Waals surface area (Å²) in [6.07, 6.45) is 6.96. The van der Waals surface area contributed by atoms with Crippen LogP contribution in [0.5, 0.6) is 0 Å². The maximum Gasteiger partial charge on any atom is 0.319 e. The van der Waals surface area contributed by atoms with Crippen LogP contribution in [-0.2, 0) is 14.3 Å². The van der Waals surface area contributed by atoms with Crippen molar-refractivity contribution in [3.8, 4) is 0 Å². The van der Waals surface area contributed by atoms with Crippen LogP contribution in [0.1, 0.15) is 19.8 Å². The van der Waals surface area contributed by atoms with E-state index in [1.807, 2.05) is 6.08 Å². The lowest BCUT2D eigenvalue weighted by atomic mass is 9.74. The number of hydrogen-bond acceptors (Lipinski definition) is 3. The van der Waals surface area contributed by atoms with Crippen molar-refractivity contribution in [3.05, 3.63) is 24.0 Å². The molecule has 0 amide bonds. The second kappa shape index (κ2) is 3.15. The molecule has 0 unspecified atom stereocenters. The molecule has 0 aromatic heterocycles. The van der Waals surface area contributed by atoms with Crippen molar-refractivity contribution in [1.29, 1.82) is 0 Å². The third-order valence-electron chi connectivity index (χ3n) is 3.04. The molecule has 1 aliphatic heterocycles. The van der Waals surface area contributed by atoms with Crippen LogP contribution in [0.4, 0.5) is 0 Å². The van der Waals surface area contributed by atoms with Crippen LogP contribution in [0.3, 0.4) is 0 Å². The number of rotatable bonds is 1. The van der Waals surface area contributed by atoms with E-state index in [-0.39, 0.29) is 12.1 Å². The fourth-order valence-corrected chi connectivity index (χ4v) is 2.11. The number of hydrogen-bond donors (Lipinski definition) is 0. The van der Waals surface area contributed by atoms with Crippen molar-refractivity contribution in [2.24, 2.45) is 5.41 Å². The van der Waals surface area contributed by atoms with Crippen LogP contribution in [-0.4, -0.2) is 19.2 Å². The molecule has 0 spiro atoms. The van der Waals surface area contributed by atoms with Gasteiger partial charge in [0, 0.05) is 6.42 Å². The normalized spacial score (nSPS) is 34.4. The molecule has 0 saturated heterocycles. The predicted molar refractivity (Wildman–Crippen MR) is 51.5 cm³/mol. The zero-order chi connectivity index (χ0) is 10.2. The molecule has 0 saturated carbocycles. The third kappa shape index (κ3) is 1.15. The molecular weight excluding hydrogens is 180 g/mol. The molecule has 0 aromatic carbocycles. The molecule has 0 aromatic rings. The number of fused-ring (bicyclic) bond motifs is 1. The van der Waals surface area contributed by atoms with Crippen molar-refractivity contribution in [2.75, 3.05) is 7.11 Å². The van der Waals surface area contributed by atoms with Crippen LogP contribution in [0.25, 0.3) is 0 Å². The molecule has 0 radical (unpaired) electrons. The lowest BCUT2D eigenvalue weighted by Gasteiger charge is -2.33. The number of methoxy groups -OCH3 is 1. The molecule has 0 N–H and O–H groups in total. The predicted octanol–water partition coefficient (Wildman–Crippen LogP) is 1.80. The van der Waals surface area contributed by atoms with Crippen LogP contribution >= 0.6 is 0 Å². The minimum Gasteiger partial charge on any atom is -0.496 e. The SMILES string of the molecule is COC(=O)[C@]12C=CO[C@H]1CC(C)=CC2. The van der Waals surface area contributed by atoms with E-state index in [1.165, 1.54) is 12.7 Å². The lowest BCUT2D eigenvalue weighted by Crippen LogP contribution is -2.41. The van der Waals surface area contributed by atoms with Gasteiger partial charge in [0.15, 0.2) is 0 Å². The van der Waals surface area contributed by atoms with Gasteiger partial charge in [0.25, 0.3) is 0 Å². The van der Waals surface area contributed by atoms with Crippen molar-refractivity contribution >= 4 is 5.97 Å². The maximum atomic E-state index is 11.7. The Morgan fingerprint density at radius 1 is 1.71 bits per heavy atom. The topological polar surface area (TPSA) is 35.5 Å². The van der Waals surface area contributed by atoms with Crippen molar-refractivity contribution in [3.63, 3.8) is 0 Å². The fraction of sp³-hybridized carbons (Fsp3) is 0.545. The highest BCUT2D eigenvalue weighted by atomic mass is 16.5. The van der Waals surface area contributed by atoms with Crippen LogP contribution in [0.15, 0.2) is 24.0 Å². The Balaban J connectivity index is 2.31. The van der Waals surface area contributed by atoms with Crippen LogP contribution < -0.4 is 0 Å². The first-order valence-corrected chi connectivity index (χ1v) is 4.76. The largest absolute Gasteiger partial charge is 0.496 e. The average Bonchev–Trinajstić information content (AvgIpc) is 2.60. The fourth-order valence-electron chi connectivity index (χ4n) is 2.11. The van der Waals surface area contributed by atoms with E-state index < -0.39 is 5.41 Å². The Hall–Kier alpha value is -1.25. The third-order valence-corrected chi connectivity index (χ3v) is 3.04. The van der Waals surface area contributed by atoms with Gasteiger partial charge in [-0.15, -0.1) is 0 Å². The summed E-state index contributed by atoms with van der Waals surface area (Å²) in [4.78, 5) is 11.7. The molecular formula is C11H14O3. The summed E-state index contributed by atoms with van der Waals surface area (Å²) >= 11 is 0. The summed E-state index contributed by atoms with van der Waals surface area (Å²) in [5.41, 5.74) is 0.715. The highest BCUT2D eigenvalue weighted by molar-refractivity contribution is 5.81. The van der Waals surface area contributed by atoms with Gasteiger partial charge in [-0.3, -0.25) is 4.79 Å². The number of carbonyl (C=O) groups excluding carboxylic acids is 1. The molecule has 2 rings (SSSR count). The second-order valence-corrected chi connectivity index (χ2v) is 3.92. The van der Waals surface area contributed by atoms with Gasteiger partial charge in [0.05, 0.1) is 13.4 Å². The van der Waals surface area contributed by atoms with E-state index in [0.717, 1.165) is 6.42 Å². The van der Waals surface area contributed by atoms with Crippen molar-refractivity contribution in [2.45, 2.75) is 25.9 Å². The first-order chi connectivity index (χ1) is 6.69. The Labute approximate surface area is 83.4 Å². The van der Waals surface area contributed by atoms with E-state index in [0.29, 0.717) is 6.42 Å². The van der Waals surface area contributed by atoms with E-state index >= 15 is 0 Å². The first kappa shape index (κ1) is 9.31. The zero-order valence-electron chi connectivity index (χ0n) is 8.45. The Kier molecular flexibility index (Phi) is 2.10. The van der Waals surface area contributed by atoms with Gasteiger partial charge in [-0.1, -0.05) is 11.6 Å². The van der Waals surface area contributed by atoms with E-state index in [2.05, 4.69) is 13.0 Å². The Bertz CT molecular complexity index is 316. The molecule has 2 atom stereocenters. The van der Waals surface area contributed by atoms with Gasteiger partial charge in [0.1, 0.15) is 11.5 Å². The second-order valence-electron chi connectivity index (χ2n) is 3.92. The summed E-state index contributed by atoms with van der Waals surface area (Å²) < 4.78 is 10.3. The molecule has 1 heterocycles. The van der Waals surface area contributed by atoms with E-state index in [4.69, 9.17) is 9.47 Å². The zero-order valence-corrected chi connectivity index (χ0v) is 8.45. The van der Waals surface area contributed by atoms with Crippen molar-refractivity contribution < 1.29 is 14.3 Å². The van der Waals surface area contributed by atoms with Gasteiger partial charge in [-0.05, 0) is 19.4 Å². The quantitative estimate of drug-likeness (QED) is 0.471. The number of carbonyl (C=O) groups is 1. The van der Waals surface area contributed by atoms with Gasteiger partial charge in [0.2, 0.25) is 0 Å². The first-order valence-electron chi connectivity index (χ1n) is 4.76. The van der Waals surface area contributed by atoms with Crippen LogP contribution in [0.2, 0.25) is 0 Å². The summed E-state index contributed by atoms with van der Waals surface area (Å²) in [7, 11) is 1.42. The minimum atomic E-state index is -0.561. The summed E-state index contributed by atoms with van der Waals surface area (Å²) in [5.74, 6) is -0.194. The van der Waals surface area contributed by atoms with Gasteiger partial charge in [-0.25, -0.2) is 0 Å². The maximum absolute atomic E-state index is 11.7. The number of allylic oxidation sites excluding steroid dienone is 1. The molecule has 1 aliphatic carbocycles. The summed E-state index contributed by atoms with van der Waals surface area (Å²) in [6.45, 7) is 2.06. The van der Waals surface area contributed by atoms with Crippen LogP contribution in [0, 0.1) is 5.41 Å². The highest BCUT2D eigenvalue weighted by Crippen LogP contribution is 2.43. The van der Waals surface area contributed by atoms with E-state index in [9.17, 15) is 4.79 Å². The number of ether oxygens (including phenoxy) is 2. The summed E-state index contributed by atoms with van der Waals surface area (Å²) in [5, 5.41) is 0. The smallest absolute Gasteiger partial charge is 0.319 e. The molecule has 0 bridgehead atoms. The van der Waals surface area contributed by atoms with Gasteiger partial charge >= 0.3 is 5.97 Å². The molecule has 14 heavy (non-hydrogen) atoms. The van der Waals surface area contributed by atoms with E-state index in [1.54, 1.807) is 6.26 Å². The Morgan fingerprint density at radius 2 is 2.50 bits per heavy atom. The van der Waals surface area contributed by atoms with Crippen molar-refractivity contribution in [1.82, 2.24) is 0 Å². The monoisotopic (exact) mass is 194 g/mol. The molecule has 3 heteroatoms. The lowest BCUT2D eigenvalue weighted by molar-refractivity contribution is -0.154. The number of esters is 1.